The summed E-state index contributed by atoms with van der Waals surface area (Å²) in [5.41, 5.74) is 1.96. The zero-order chi connectivity index (χ0) is 31.2. The first-order valence-corrected chi connectivity index (χ1v) is 13.5. The fourth-order valence-electron chi connectivity index (χ4n) is 3.84. The third-order valence-electron chi connectivity index (χ3n) is 5.84. The molecular weight excluding hydrogens is 583 g/mol. The SMILES string of the molecule is C/C(=C/OC=O)OC=O.CN(C)C/C=C/C(=O)Cc1cc2c(Nc3ccc(F)c(Cl)c3)ncnc2cc1O[C@H]1CCOC1. The van der Waals surface area contributed by atoms with Crippen molar-refractivity contribution < 1.29 is 37.7 Å². The molecule has 0 amide bonds. The van der Waals surface area contributed by atoms with Crippen molar-refractivity contribution in [2.45, 2.75) is 25.9 Å². The van der Waals surface area contributed by atoms with Crippen molar-refractivity contribution in [2.24, 2.45) is 0 Å². The maximum Gasteiger partial charge on any atom is 0.298 e. The number of carbonyl (C=O) groups is 3. The van der Waals surface area contributed by atoms with Crippen LogP contribution >= 0.6 is 11.6 Å². The van der Waals surface area contributed by atoms with Crippen molar-refractivity contribution in [3.63, 3.8) is 0 Å². The van der Waals surface area contributed by atoms with E-state index < -0.39 is 5.82 Å². The number of hydrogen-bond donors (Lipinski definition) is 1. The van der Waals surface area contributed by atoms with Gasteiger partial charge in [0.1, 0.15) is 41.8 Å². The van der Waals surface area contributed by atoms with Gasteiger partial charge in [-0.05, 0) is 51.4 Å². The van der Waals surface area contributed by atoms with E-state index >= 15 is 0 Å². The van der Waals surface area contributed by atoms with E-state index in [1.165, 1.54) is 25.4 Å². The molecule has 2 aromatic carbocycles. The lowest BCUT2D eigenvalue weighted by molar-refractivity contribution is -0.127. The van der Waals surface area contributed by atoms with Gasteiger partial charge in [-0.25, -0.2) is 14.4 Å². The Balaban J connectivity index is 0.000000489. The maximum absolute atomic E-state index is 13.6. The normalized spacial score (nSPS) is 14.7. The highest BCUT2D eigenvalue weighted by Crippen LogP contribution is 2.32. The summed E-state index contributed by atoms with van der Waals surface area (Å²) in [5.74, 6) is 0.815. The summed E-state index contributed by atoms with van der Waals surface area (Å²) < 4.78 is 33.6. The van der Waals surface area contributed by atoms with E-state index in [-0.39, 0.29) is 42.0 Å². The van der Waals surface area contributed by atoms with Crippen LogP contribution in [0.4, 0.5) is 15.9 Å². The second kappa shape index (κ2) is 16.9. The number of halogens is 2. The quantitative estimate of drug-likeness (QED) is 0.163. The Bertz CT molecular complexity index is 1480. The minimum atomic E-state index is -0.499. The molecule has 1 N–H and O–H groups in total. The van der Waals surface area contributed by atoms with Crippen LogP contribution in [0.1, 0.15) is 18.9 Å². The molecule has 1 fully saturated rings. The average Bonchev–Trinajstić information content (AvgIpc) is 3.48. The number of fused-ring (bicyclic) bond motifs is 1. The highest BCUT2D eigenvalue weighted by Gasteiger charge is 2.21. The Labute approximate surface area is 253 Å². The van der Waals surface area contributed by atoms with Gasteiger partial charge in [-0.2, -0.15) is 0 Å². The number of rotatable bonds is 13. The Morgan fingerprint density at radius 3 is 2.70 bits per heavy atom. The van der Waals surface area contributed by atoms with Gasteiger partial charge in [0.25, 0.3) is 12.9 Å². The molecule has 228 valence electrons. The summed E-state index contributed by atoms with van der Waals surface area (Å²) in [6.07, 6.45) is 6.78. The molecule has 1 aromatic heterocycles. The molecule has 1 saturated heterocycles. The average molecular weight is 615 g/mol. The van der Waals surface area contributed by atoms with Crippen molar-refractivity contribution in [3.05, 3.63) is 77.2 Å². The first-order chi connectivity index (χ1) is 20.7. The highest BCUT2D eigenvalue weighted by atomic mass is 35.5. The van der Waals surface area contributed by atoms with Gasteiger partial charge < -0.3 is 29.2 Å². The van der Waals surface area contributed by atoms with Crippen molar-refractivity contribution in [1.29, 1.82) is 0 Å². The van der Waals surface area contributed by atoms with Gasteiger partial charge in [0.2, 0.25) is 0 Å². The van der Waals surface area contributed by atoms with Crippen LogP contribution in [-0.2, 0) is 35.0 Å². The molecule has 0 radical (unpaired) electrons. The van der Waals surface area contributed by atoms with Crippen molar-refractivity contribution in [2.75, 3.05) is 39.2 Å². The molecule has 0 aliphatic carbocycles. The van der Waals surface area contributed by atoms with Crippen molar-refractivity contribution >= 4 is 52.7 Å². The smallest absolute Gasteiger partial charge is 0.298 e. The van der Waals surface area contributed by atoms with E-state index in [0.29, 0.717) is 47.9 Å². The first kappa shape index (κ1) is 33.1. The number of ether oxygens (including phenoxy) is 4. The third kappa shape index (κ3) is 10.7. The Morgan fingerprint density at radius 2 is 2.02 bits per heavy atom. The summed E-state index contributed by atoms with van der Waals surface area (Å²) in [7, 11) is 3.88. The van der Waals surface area contributed by atoms with Crippen LogP contribution in [0, 0.1) is 5.82 Å². The number of anilines is 2. The van der Waals surface area contributed by atoms with Gasteiger partial charge in [-0.15, -0.1) is 0 Å². The minimum Gasteiger partial charge on any atom is -0.488 e. The number of nitrogens with zero attached hydrogens (tertiary/aromatic N) is 3. The molecule has 0 spiro atoms. The van der Waals surface area contributed by atoms with Gasteiger partial charge in [0.15, 0.2) is 5.78 Å². The number of likely N-dealkylation sites (N-methyl/N-ethyl adjacent to an activating group) is 1. The van der Waals surface area contributed by atoms with E-state index in [4.69, 9.17) is 21.1 Å². The molecule has 2 heterocycles. The number of benzene rings is 2. The zero-order valence-corrected chi connectivity index (χ0v) is 24.7. The number of carbonyl (C=O) groups excluding carboxylic acids is 3. The molecule has 3 aromatic rings. The van der Waals surface area contributed by atoms with E-state index in [2.05, 4.69) is 24.8 Å². The second-order valence-electron chi connectivity index (χ2n) is 9.54. The number of allylic oxidation sites excluding steroid dienone is 2. The fourth-order valence-corrected chi connectivity index (χ4v) is 4.02. The van der Waals surface area contributed by atoms with Crippen LogP contribution in [0.25, 0.3) is 10.9 Å². The molecule has 4 rings (SSSR count). The van der Waals surface area contributed by atoms with Gasteiger partial charge >= 0.3 is 0 Å². The lowest BCUT2D eigenvalue weighted by Crippen LogP contribution is -2.17. The molecule has 43 heavy (non-hydrogen) atoms. The summed E-state index contributed by atoms with van der Waals surface area (Å²) in [5, 5.41) is 3.88. The number of nitrogens with one attached hydrogen (secondary N) is 1. The summed E-state index contributed by atoms with van der Waals surface area (Å²) >= 11 is 5.92. The largest absolute Gasteiger partial charge is 0.488 e. The molecular formula is C30H32ClFN4O7. The molecule has 11 nitrogen and oxygen atoms in total. The first-order valence-electron chi connectivity index (χ1n) is 13.1. The molecule has 0 saturated carbocycles. The third-order valence-corrected chi connectivity index (χ3v) is 6.13. The highest BCUT2D eigenvalue weighted by molar-refractivity contribution is 6.31. The fraction of sp³-hybridized carbons (Fsp3) is 0.300. The van der Waals surface area contributed by atoms with Gasteiger partial charge in [0.05, 0.1) is 23.8 Å². The summed E-state index contributed by atoms with van der Waals surface area (Å²) in [6, 6.07) is 8.04. The van der Waals surface area contributed by atoms with Crippen LogP contribution in [0.3, 0.4) is 0 Å². The zero-order valence-electron chi connectivity index (χ0n) is 23.9. The van der Waals surface area contributed by atoms with Gasteiger partial charge in [0, 0.05) is 42.1 Å². The lowest BCUT2D eigenvalue weighted by atomic mass is 10.0. The molecule has 1 aliphatic rings. The number of hydrogen-bond acceptors (Lipinski definition) is 11. The van der Waals surface area contributed by atoms with Crippen LogP contribution in [0.5, 0.6) is 5.75 Å². The van der Waals surface area contributed by atoms with E-state index in [9.17, 15) is 18.8 Å². The van der Waals surface area contributed by atoms with Gasteiger partial charge in [-0.3, -0.25) is 14.4 Å². The topological polar surface area (TPSA) is 129 Å². The molecule has 13 heteroatoms. The predicted molar refractivity (Wildman–Crippen MR) is 159 cm³/mol. The van der Waals surface area contributed by atoms with E-state index in [1.54, 1.807) is 12.1 Å². The Morgan fingerprint density at radius 1 is 1.21 bits per heavy atom. The molecule has 1 aliphatic heterocycles. The van der Waals surface area contributed by atoms with Crippen molar-refractivity contribution in [3.8, 4) is 5.75 Å². The molecule has 1 atom stereocenters. The standard InChI is InChI=1S/C25H26ClFN4O3.C5H6O4/c1-31(2)8-3-4-18(32)10-16-11-20-23(13-24(16)34-19-7-9-33-14-19)28-15-29-25(20)30-17-5-6-22(27)21(26)12-17;1-5(9-4-7)2-8-3-6/h3-6,11-13,15,19H,7-10,14H2,1-2H3,(H,28,29,30);2-4H,1H3/b4-3+;5-2-/t19-;/m0./s1. The maximum atomic E-state index is 13.6. The van der Waals surface area contributed by atoms with E-state index in [0.717, 1.165) is 18.2 Å². The monoisotopic (exact) mass is 614 g/mol. The van der Waals surface area contributed by atoms with Crippen LogP contribution in [0.2, 0.25) is 5.02 Å². The number of ketones is 1. The number of aromatic nitrogens is 2. The van der Waals surface area contributed by atoms with E-state index in [1.807, 2.05) is 37.2 Å². The van der Waals surface area contributed by atoms with Crippen LogP contribution < -0.4 is 10.1 Å². The Kier molecular flexibility index (Phi) is 13.0. The van der Waals surface area contributed by atoms with Gasteiger partial charge in [-0.1, -0.05) is 17.7 Å². The summed E-state index contributed by atoms with van der Waals surface area (Å²) in [4.78, 5) is 42.5. The predicted octanol–water partition coefficient (Wildman–Crippen LogP) is 4.76. The lowest BCUT2D eigenvalue weighted by Gasteiger charge is -2.17. The molecule has 0 unspecified atom stereocenters. The van der Waals surface area contributed by atoms with Crippen LogP contribution in [0.15, 0.2) is 60.8 Å². The minimum absolute atomic E-state index is 0.00799. The summed E-state index contributed by atoms with van der Waals surface area (Å²) in [6.45, 7) is 3.80. The van der Waals surface area contributed by atoms with Crippen molar-refractivity contribution in [1.82, 2.24) is 14.9 Å². The Hall–Kier alpha value is -4.39. The van der Waals surface area contributed by atoms with Crippen LogP contribution in [-0.4, -0.2) is 73.6 Å². The molecule has 0 bridgehead atoms. The second-order valence-corrected chi connectivity index (χ2v) is 9.95.